The van der Waals surface area contributed by atoms with Gasteiger partial charge in [-0.3, -0.25) is 9.59 Å². The number of nitrogens with two attached hydrogens (primary N) is 1. The highest BCUT2D eigenvalue weighted by atomic mass is 79.9. The zero-order valence-corrected chi connectivity index (χ0v) is 12.4. The van der Waals surface area contributed by atoms with E-state index in [1.54, 1.807) is 12.1 Å². The number of aryl methyl sites for hydroxylation is 1. The highest BCUT2D eigenvalue weighted by molar-refractivity contribution is 9.10. The number of nitrogens with one attached hydrogen (secondary N) is 1. The average Bonchev–Trinajstić information content (AvgIpc) is 2.36. The number of benzene rings is 1. The van der Waals surface area contributed by atoms with Gasteiger partial charge in [-0.1, -0.05) is 11.6 Å². The van der Waals surface area contributed by atoms with Gasteiger partial charge in [-0.25, -0.2) is 4.79 Å². The number of amides is 2. The molecule has 7 heteroatoms. The molecule has 0 aliphatic rings. The molecule has 6 nitrogen and oxygen atoms in total. The van der Waals surface area contributed by atoms with E-state index in [1.807, 2.05) is 13.0 Å². The van der Waals surface area contributed by atoms with E-state index in [9.17, 15) is 14.4 Å². The topological polar surface area (TPSA) is 109 Å². The molecular weight excluding hydrogens is 328 g/mol. The molecule has 0 radical (unpaired) electrons. The first-order chi connectivity index (χ1) is 9.31. The van der Waals surface area contributed by atoms with Crippen molar-refractivity contribution in [3.05, 3.63) is 33.8 Å². The molecule has 1 unspecified atom stereocenters. The van der Waals surface area contributed by atoms with Crippen LogP contribution in [0.25, 0.3) is 0 Å². The van der Waals surface area contributed by atoms with Crippen molar-refractivity contribution in [2.75, 3.05) is 0 Å². The lowest BCUT2D eigenvalue weighted by Crippen LogP contribution is -2.41. The maximum atomic E-state index is 12.1. The summed E-state index contributed by atoms with van der Waals surface area (Å²) in [6, 6.07) is 4.03. The van der Waals surface area contributed by atoms with Crippen molar-refractivity contribution in [2.24, 2.45) is 5.73 Å². The molecule has 1 rings (SSSR count). The summed E-state index contributed by atoms with van der Waals surface area (Å²) in [4.78, 5) is 33.8. The van der Waals surface area contributed by atoms with Gasteiger partial charge in [-0.05, 0) is 41.4 Å². The van der Waals surface area contributed by atoms with Gasteiger partial charge >= 0.3 is 5.97 Å². The Balaban J connectivity index is 2.82. The molecular formula is C13H15BrN2O4. The van der Waals surface area contributed by atoms with Crippen LogP contribution in [-0.2, 0) is 9.59 Å². The van der Waals surface area contributed by atoms with E-state index >= 15 is 0 Å². The summed E-state index contributed by atoms with van der Waals surface area (Å²) in [6.45, 7) is 1.82. The summed E-state index contributed by atoms with van der Waals surface area (Å²) in [7, 11) is 0. The molecule has 0 bridgehead atoms. The number of carboxylic acids is 1. The SMILES string of the molecule is Cc1ccc(Br)c(C(=O)NC(CCC(N)=O)C(=O)O)c1. The number of hydrogen-bond donors (Lipinski definition) is 3. The zero-order chi connectivity index (χ0) is 15.3. The van der Waals surface area contributed by atoms with Crippen molar-refractivity contribution >= 4 is 33.7 Å². The number of halogens is 1. The van der Waals surface area contributed by atoms with E-state index < -0.39 is 23.8 Å². The fraction of sp³-hybridized carbons (Fsp3) is 0.308. The number of carboxylic acid groups (broad SMARTS) is 1. The summed E-state index contributed by atoms with van der Waals surface area (Å²) in [5, 5.41) is 11.4. The third-order valence-corrected chi connectivity index (χ3v) is 3.34. The third-order valence-electron chi connectivity index (χ3n) is 2.65. The highest BCUT2D eigenvalue weighted by Gasteiger charge is 2.22. The van der Waals surface area contributed by atoms with E-state index in [2.05, 4.69) is 21.2 Å². The molecule has 0 aromatic heterocycles. The number of hydrogen-bond acceptors (Lipinski definition) is 3. The van der Waals surface area contributed by atoms with Gasteiger partial charge in [0.25, 0.3) is 5.91 Å². The monoisotopic (exact) mass is 342 g/mol. The predicted octanol–water partition coefficient (Wildman–Crippen LogP) is 1.21. The molecule has 0 aliphatic heterocycles. The number of carbonyl (C=O) groups excluding carboxylic acids is 2. The van der Waals surface area contributed by atoms with Gasteiger partial charge in [-0.2, -0.15) is 0 Å². The lowest BCUT2D eigenvalue weighted by molar-refractivity contribution is -0.139. The number of aliphatic carboxylic acids is 1. The van der Waals surface area contributed by atoms with Gasteiger partial charge in [-0.15, -0.1) is 0 Å². The fourth-order valence-electron chi connectivity index (χ4n) is 1.59. The largest absolute Gasteiger partial charge is 0.480 e. The van der Waals surface area contributed by atoms with Crippen LogP contribution in [0, 0.1) is 6.92 Å². The quantitative estimate of drug-likeness (QED) is 0.721. The van der Waals surface area contributed by atoms with E-state index in [0.717, 1.165) is 5.56 Å². The van der Waals surface area contributed by atoms with Crippen LogP contribution in [0.4, 0.5) is 0 Å². The number of carbonyl (C=O) groups is 3. The second-order valence-corrected chi connectivity index (χ2v) is 5.21. The summed E-state index contributed by atoms with van der Waals surface area (Å²) in [5.41, 5.74) is 6.19. The minimum Gasteiger partial charge on any atom is -0.480 e. The normalized spacial score (nSPS) is 11.7. The third kappa shape index (κ3) is 4.65. The van der Waals surface area contributed by atoms with E-state index in [4.69, 9.17) is 10.8 Å². The van der Waals surface area contributed by atoms with Crippen LogP contribution in [0.3, 0.4) is 0 Å². The van der Waals surface area contributed by atoms with Crippen LogP contribution in [-0.4, -0.2) is 28.9 Å². The first-order valence-corrected chi connectivity index (χ1v) is 6.68. The Hall–Kier alpha value is -1.89. The smallest absolute Gasteiger partial charge is 0.326 e. The van der Waals surface area contributed by atoms with Crippen molar-refractivity contribution in [1.82, 2.24) is 5.32 Å². The Kier molecular flexibility index (Phi) is 5.69. The minimum absolute atomic E-state index is 0.0418. The molecule has 1 aromatic carbocycles. The average molecular weight is 343 g/mol. The van der Waals surface area contributed by atoms with Gasteiger partial charge in [0.1, 0.15) is 6.04 Å². The number of rotatable bonds is 6. The molecule has 4 N–H and O–H groups in total. The van der Waals surface area contributed by atoms with Gasteiger partial charge in [0.05, 0.1) is 5.56 Å². The van der Waals surface area contributed by atoms with Crippen LogP contribution >= 0.6 is 15.9 Å². The highest BCUT2D eigenvalue weighted by Crippen LogP contribution is 2.18. The van der Waals surface area contributed by atoms with E-state index in [1.165, 1.54) is 0 Å². The Morgan fingerprint density at radius 2 is 2.05 bits per heavy atom. The lowest BCUT2D eigenvalue weighted by Gasteiger charge is -2.14. The summed E-state index contributed by atoms with van der Waals surface area (Å²) < 4.78 is 0.569. The van der Waals surface area contributed by atoms with Gasteiger partial charge in [0, 0.05) is 10.9 Å². The van der Waals surface area contributed by atoms with Crippen molar-refractivity contribution in [2.45, 2.75) is 25.8 Å². The Bertz CT molecular complexity index is 545. The molecule has 0 spiro atoms. The second-order valence-electron chi connectivity index (χ2n) is 4.35. The predicted molar refractivity (Wildman–Crippen MR) is 76.2 cm³/mol. The first-order valence-electron chi connectivity index (χ1n) is 5.89. The molecule has 2 amide bonds. The van der Waals surface area contributed by atoms with Crippen molar-refractivity contribution in [1.29, 1.82) is 0 Å². The van der Waals surface area contributed by atoms with Crippen LogP contribution in [0.5, 0.6) is 0 Å². The Morgan fingerprint density at radius 1 is 1.40 bits per heavy atom. The fourth-order valence-corrected chi connectivity index (χ4v) is 2.02. The molecule has 0 saturated heterocycles. The van der Waals surface area contributed by atoms with Crippen LogP contribution in [0.2, 0.25) is 0 Å². The maximum absolute atomic E-state index is 12.1. The van der Waals surface area contributed by atoms with Crippen molar-refractivity contribution in [3.8, 4) is 0 Å². The molecule has 0 aliphatic carbocycles. The Labute approximate surface area is 124 Å². The Morgan fingerprint density at radius 3 is 2.60 bits per heavy atom. The molecule has 1 aromatic rings. The van der Waals surface area contributed by atoms with Gasteiger partial charge in [0.2, 0.25) is 5.91 Å². The van der Waals surface area contributed by atoms with E-state index in [0.29, 0.717) is 10.0 Å². The summed E-state index contributed by atoms with van der Waals surface area (Å²) in [5.74, 6) is -2.33. The molecule has 1 atom stereocenters. The molecule has 0 saturated carbocycles. The molecule has 108 valence electrons. The minimum atomic E-state index is -1.21. The first kappa shape index (κ1) is 16.2. The number of primary amides is 1. The molecule has 0 heterocycles. The van der Waals surface area contributed by atoms with E-state index in [-0.39, 0.29) is 12.8 Å². The van der Waals surface area contributed by atoms with Gasteiger partial charge < -0.3 is 16.2 Å². The molecule has 0 fully saturated rings. The zero-order valence-electron chi connectivity index (χ0n) is 10.9. The molecule has 20 heavy (non-hydrogen) atoms. The van der Waals surface area contributed by atoms with Crippen LogP contribution in [0.1, 0.15) is 28.8 Å². The summed E-state index contributed by atoms with van der Waals surface area (Å²) in [6.07, 6.45) is -0.147. The van der Waals surface area contributed by atoms with Crippen LogP contribution in [0.15, 0.2) is 22.7 Å². The second kappa shape index (κ2) is 7.04. The van der Waals surface area contributed by atoms with Crippen LogP contribution < -0.4 is 11.1 Å². The van der Waals surface area contributed by atoms with Crippen molar-refractivity contribution < 1.29 is 19.5 Å². The van der Waals surface area contributed by atoms with Gasteiger partial charge in [0.15, 0.2) is 0 Å². The standard InChI is InChI=1S/C13H15BrN2O4/c1-7-2-3-9(14)8(6-7)12(18)16-10(13(19)20)4-5-11(15)17/h2-3,6,10H,4-5H2,1H3,(H2,15,17)(H,16,18)(H,19,20). The maximum Gasteiger partial charge on any atom is 0.326 e. The lowest BCUT2D eigenvalue weighted by atomic mass is 10.1. The van der Waals surface area contributed by atoms with Crippen molar-refractivity contribution in [3.63, 3.8) is 0 Å². The summed E-state index contributed by atoms with van der Waals surface area (Å²) >= 11 is 3.24.